The van der Waals surface area contributed by atoms with Crippen LogP contribution in [0.2, 0.25) is 0 Å². The number of Topliss-reactive ketones (excluding diaryl/α,β-unsaturated/α-hetero) is 1. The van der Waals surface area contributed by atoms with Crippen molar-refractivity contribution >= 4 is 23.7 Å². The third kappa shape index (κ3) is 3.55. The van der Waals surface area contributed by atoms with E-state index in [2.05, 4.69) is 6.92 Å². The van der Waals surface area contributed by atoms with Crippen LogP contribution >= 0.6 is 0 Å². The number of carbonyl (C=O) groups is 4. The molecule has 1 aromatic rings. The zero-order chi connectivity index (χ0) is 26.9. The molecule has 1 aliphatic heterocycles. The van der Waals surface area contributed by atoms with Crippen LogP contribution in [0.3, 0.4) is 0 Å². The van der Waals surface area contributed by atoms with Crippen LogP contribution in [0.1, 0.15) is 65.5 Å². The SMILES string of the molecule is COC(=O)C[C@H]1C(C)(C)[C@H](OC(C)=O)[C@H]2C=C3C4=CC(=O)O[C@@H](c5ccoc5)[C@]4(C)CC[C@@H]3[C@@]1(C)C2=O. The number of allylic oxidation sites excluding steroid dienone is 1. The molecule has 5 rings (SSSR count). The summed E-state index contributed by atoms with van der Waals surface area (Å²) >= 11 is 0. The normalized spacial score (nSPS) is 37.8. The molecule has 0 unspecified atom stereocenters. The number of esters is 3. The molecule has 0 spiro atoms. The van der Waals surface area contributed by atoms with Crippen molar-refractivity contribution in [1.29, 1.82) is 0 Å². The lowest BCUT2D eigenvalue weighted by molar-refractivity contribution is -0.190. The van der Waals surface area contributed by atoms with Crippen LogP contribution in [0.4, 0.5) is 0 Å². The highest BCUT2D eigenvalue weighted by atomic mass is 16.6. The fraction of sp³-hybridized carbons (Fsp3) is 0.586. The highest BCUT2D eigenvalue weighted by Crippen LogP contribution is 2.67. The lowest BCUT2D eigenvalue weighted by atomic mass is 9.41. The predicted molar refractivity (Wildman–Crippen MR) is 131 cm³/mol. The van der Waals surface area contributed by atoms with Crippen molar-refractivity contribution in [1.82, 2.24) is 0 Å². The van der Waals surface area contributed by atoms with Crippen molar-refractivity contribution in [2.75, 3.05) is 7.11 Å². The summed E-state index contributed by atoms with van der Waals surface area (Å²) in [7, 11) is 1.33. The van der Waals surface area contributed by atoms with Gasteiger partial charge in [-0.3, -0.25) is 14.4 Å². The van der Waals surface area contributed by atoms with Crippen molar-refractivity contribution in [2.45, 2.75) is 66.1 Å². The van der Waals surface area contributed by atoms with Gasteiger partial charge in [0.05, 0.1) is 25.6 Å². The van der Waals surface area contributed by atoms with E-state index >= 15 is 0 Å². The molecule has 2 bridgehead atoms. The van der Waals surface area contributed by atoms with Gasteiger partial charge in [0.25, 0.3) is 0 Å². The molecule has 7 atom stereocenters. The number of hydrogen-bond acceptors (Lipinski definition) is 8. The van der Waals surface area contributed by atoms with E-state index in [-0.39, 0.29) is 18.1 Å². The number of fused-ring (bicyclic) bond motifs is 6. The van der Waals surface area contributed by atoms with Gasteiger partial charge < -0.3 is 18.6 Å². The number of ether oxygens (including phenoxy) is 3. The third-order valence-electron chi connectivity index (χ3n) is 9.66. The maximum Gasteiger partial charge on any atom is 0.331 e. The fourth-order valence-corrected chi connectivity index (χ4v) is 7.86. The van der Waals surface area contributed by atoms with Crippen molar-refractivity contribution in [3.8, 4) is 0 Å². The van der Waals surface area contributed by atoms with E-state index in [0.717, 1.165) is 16.7 Å². The first-order chi connectivity index (χ1) is 17.4. The Hall–Kier alpha value is -3.16. The van der Waals surface area contributed by atoms with Gasteiger partial charge in [0.2, 0.25) is 0 Å². The van der Waals surface area contributed by atoms with Gasteiger partial charge in [-0.15, -0.1) is 0 Å². The average Bonchev–Trinajstić information content (AvgIpc) is 3.36. The summed E-state index contributed by atoms with van der Waals surface area (Å²) in [4.78, 5) is 51.8. The first-order valence-corrected chi connectivity index (χ1v) is 12.8. The Morgan fingerprint density at radius 2 is 1.89 bits per heavy atom. The Kier molecular flexibility index (Phi) is 5.81. The van der Waals surface area contributed by atoms with Crippen LogP contribution in [0, 0.1) is 34.0 Å². The van der Waals surface area contributed by atoms with Gasteiger partial charge in [-0.1, -0.05) is 33.8 Å². The topological polar surface area (TPSA) is 109 Å². The van der Waals surface area contributed by atoms with Gasteiger partial charge in [-0.2, -0.15) is 0 Å². The van der Waals surface area contributed by atoms with Crippen LogP contribution in [0.5, 0.6) is 0 Å². The van der Waals surface area contributed by atoms with Crippen LogP contribution in [-0.2, 0) is 33.4 Å². The second-order valence-corrected chi connectivity index (χ2v) is 11.9. The molecule has 8 nitrogen and oxygen atoms in total. The first kappa shape index (κ1) is 25.5. The Bertz CT molecular complexity index is 1220. The molecule has 0 radical (unpaired) electrons. The van der Waals surface area contributed by atoms with E-state index < -0.39 is 58.2 Å². The average molecular weight is 511 g/mol. The van der Waals surface area contributed by atoms with Gasteiger partial charge in [0.1, 0.15) is 18.0 Å². The zero-order valence-corrected chi connectivity index (χ0v) is 22.2. The molecule has 37 heavy (non-hydrogen) atoms. The second kappa shape index (κ2) is 8.43. The van der Waals surface area contributed by atoms with Crippen LogP contribution in [0.15, 0.2) is 46.3 Å². The number of carbonyl (C=O) groups excluding carboxylic acids is 4. The number of cyclic esters (lactones) is 1. The van der Waals surface area contributed by atoms with E-state index in [4.69, 9.17) is 18.6 Å². The van der Waals surface area contributed by atoms with Crippen molar-refractivity contribution in [3.05, 3.63) is 47.5 Å². The van der Waals surface area contributed by atoms with Gasteiger partial charge in [-0.05, 0) is 41.9 Å². The molecule has 8 heteroatoms. The maximum absolute atomic E-state index is 14.2. The summed E-state index contributed by atoms with van der Waals surface area (Å²) in [6.07, 6.45) is 6.71. The summed E-state index contributed by atoms with van der Waals surface area (Å²) in [5, 5.41) is 0. The summed E-state index contributed by atoms with van der Waals surface area (Å²) in [5.74, 6) is -2.73. The van der Waals surface area contributed by atoms with E-state index in [1.807, 2.05) is 26.8 Å². The third-order valence-corrected chi connectivity index (χ3v) is 9.66. The van der Waals surface area contributed by atoms with Crippen LogP contribution in [0.25, 0.3) is 0 Å². The first-order valence-electron chi connectivity index (χ1n) is 12.8. The number of ketones is 1. The number of hydrogen-bond donors (Lipinski definition) is 0. The molecule has 4 aliphatic rings. The molecule has 0 aromatic carbocycles. The largest absolute Gasteiger partial charge is 0.472 e. The Labute approximate surface area is 216 Å². The van der Waals surface area contributed by atoms with Crippen LogP contribution in [-0.4, -0.2) is 36.9 Å². The standard InChI is InChI=1S/C29H34O8/c1-15(30)36-26-18-11-17-19(29(5,24(18)33)21(27(26,2)3)13-22(31)34-6)7-9-28(4)20(17)12-23(32)37-25(28)16-8-10-35-14-16/h8,10-12,14,18-19,21,25-26H,7,9,13H2,1-6H3/t18-,19-,21-,25-,26+,28+,29+/m0/s1. The quantitative estimate of drug-likeness (QED) is 0.430. The molecule has 3 aliphatic carbocycles. The van der Waals surface area contributed by atoms with Gasteiger partial charge in [0.15, 0.2) is 0 Å². The van der Waals surface area contributed by atoms with Gasteiger partial charge >= 0.3 is 17.9 Å². The van der Waals surface area contributed by atoms with E-state index in [1.54, 1.807) is 24.7 Å². The number of furan rings is 1. The number of methoxy groups -OCH3 is 1. The molecule has 1 aromatic heterocycles. The second-order valence-electron chi connectivity index (χ2n) is 11.9. The Morgan fingerprint density at radius 1 is 1.16 bits per heavy atom. The minimum absolute atomic E-state index is 0.0238. The fourth-order valence-electron chi connectivity index (χ4n) is 7.86. The van der Waals surface area contributed by atoms with E-state index in [9.17, 15) is 19.2 Å². The maximum atomic E-state index is 14.2. The molecule has 2 heterocycles. The molecular weight excluding hydrogens is 476 g/mol. The van der Waals surface area contributed by atoms with Gasteiger partial charge in [0, 0.05) is 41.2 Å². The monoisotopic (exact) mass is 510 g/mol. The summed E-state index contributed by atoms with van der Waals surface area (Å²) in [6.45, 7) is 9.27. The highest BCUT2D eigenvalue weighted by Gasteiger charge is 2.68. The van der Waals surface area contributed by atoms with Gasteiger partial charge in [-0.25, -0.2) is 4.79 Å². The molecule has 0 N–H and O–H groups in total. The van der Waals surface area contributed by atoms with Crippen molar-refractivity contribution in [3.63, 3.8) is 0 Å². The molecule has 2 saturated carbocycles. The Balaban J connectivity index is 1.69. The predicted octanol–water partition coefficient (Wildman–Crippen LogP) is 4.50. The highest BCUT2D eigenvalue weighted by molar-refractivity contribution is 5.95. The summed E-state index contributed by atoms with van der Waals surface area (Å²) < 4.78 is 22.0. The lowest BCUT2D eigenvalue weighted by Crippen LogP contribution is -2.65. The van der Waals surface area contributed by atoms with Crippen molar-refractivity contribution in [2.24, 2.45) is 34.0 Å². The van der Waals surface area contributed by atoms with Crippen molar-refractivity contribution < 1.29 is 37.8 Å². The summed E-state index contributed by atoms with van der Waals surface area (Å²) in [6, 6.07) is 1.80. The molecule has 2 fully saturated rings. The molecule has 0 amide bonds. The van der Waals surface area contributed by atoms with E-state index in [1.165, 1.54) is 14.0 Å². The van der Waals surface area contributed by atoms with E-state index in [0.29, 0.717) is 12.8 Å². The minimum atomic E-state index is -0.919. The molecule has 198 valence electrons. The Morgan fingerprint density at radius 3 is 2.51 bits per heavy atom. The van der Waals surface area contributed by atoms with Crippen LogP contribution < -0.4 is 0 Å². The lowest BCUT2D eigenvalue weighted by Gasteiger charge is -2.62. The number of rotatable bonds is 4. The smallest absolute Gasteiger partial charge is 0.331 e. The summed E-state index contributed by atoms with van der Waals surface area (Å²) in [5.41, 5.74) is 0.394. The molecule has 0 saturated heterocycles. The molecular formula is C29H34O8. The zero-order valence-electron chi connectivity index (χ0n) is 22.2. The minimum Gasteiger partial charge on any atom is -0.472 e.